The lowest BCUT2D eigenvalue weighted by Crippen LogP contribution is -2.21. The van der Waals surface area contributed by atoms with E-state index >= 15 is 0 Å². The van der Waals surface area contributed by atoms with Crippen molar-refractivity contribution in [1.29, 1.82) is 0 Å². The van der Waals surface area contributed by atoms with Gasteiger partial charge in [-0.15, -0.1) is 0 Å². The number of amides is 1. The van der Waals surface area contributed by atoms with Gasteiger partial charge in [-0.05, 0) is 30.7 Å². The zero-order chi connectivity index (χ0) is 24.6. The van der Waals surface area contributed by atoms with E-state index in [1.807, 2.05) is 5.32 Å². The van der Waals surface area contributed by atoms with Crippen LogP contribution in [-0.4, -0.2) is 27.7 Å². The number of pyridine rings is 1. The third kappa shape index (κ3) is 4.71. The Morgan fingerprint density at radius 3 is 2.39 bits per heavy atom. The third-order valence-electron chi connectivity index (χ3n) is 4.75. The fourth-order valence-corrected chi connectivity index (χ4v) is 3.32. The number of nitrogens with zero attached hydrogens (tertiary/aromatic N) is 3. The van der Waals surface area contributed by atoms with Crippen molar-refractivity contribution >= 4 is 23.0 Å². The highest BCUT2D eigenvalue weighted by atomic mass is 19.4. The van der Waals surface area contributed by atoms with Gasteiger partial charge in [-0.3, -0.25) is 9.78 Å². The van der Waals surface area contributed by atoms with Crippen molar-refractivity contribution in [2.45, 2.75) is 25.7 Å². The highest BCUT2D eigenvalue weighted by Gasteiger charge is 2.41. The Morgan fingerprint density at radius 1 is 1.12 bits per heavy atom. The van der Waals surface area contributed by atoms with Gasteiger partial charge in [-0.1, -0.05) is 6.92 Å². The van der Waals surface area contributed by atoms with Crippen LogP contribution in [0.4, 0.5) is 43.4 Å². The normalized spacial score (nSPS) is 12.0. The smallest absolute Gasteiger partial charge is 0.398 e. The Hall–Kier alpha value is -3.77. The Kier molecular flexibility index (Phi) is 6.25. The largest absolute Gasteiger partial charge is 0.434 e. The van der Waals surface area contributed by atoms with E-state index in [4.69, 9.17) is 5.73 Å². The first kappa shape index (κ1) is 23.9. The van der Waals surface area contributed by atoms with E-state index in [1.54, 1.807) is 6.92 Å². The van der Waals surface area contributed by atoms with Gasteiger partial charge >= 0.3 is 12.4 Å². The van der Waals surface area contributed by atoms with Crippen molar-refractivity contribution in [2.75, 3.05) is 23.4 Å². The zero-order valence-corrected chi connectivity index (χ0v) is 17.3. The van der Waals surface area contributed by atoms with Gasteiger partial charge in [0.1, 0.15) is 5.69 Å². The summed E-state index contributed by atoms with van der Waals surface area (Å²) < 4.78 is 81.1. The highest BCUT2D eigenvalue weighted by Crippen LogP contribution is 2.37. The molecule has 0 bridgehead atoms. The molecular weight excluding hydrogens is 454 g/mol. The standard InChI is InChI=1S/C20H18F6N6O/c1-3-11-13(27)4-5-14(16(11)28-2)32-17(20(24,25)26)12(9-30-32)18(33)31-10-6-7-29-15(8-10)19(21,22)23/h4-9,28H,3,27H2,1-2H3,(H,29,31,33). The fourth-order valence-electron chi connectivity index (χ4n) is 3.32. The van der Waals surface area contributed by atoms with Gasteiger partial charge in [0, 0.05) is 30.2 Å². The van der Waals surface area contributed by atoms with Crippen molar-refractivity contribution in [3.63, 3.8) is 0 Å². The minimum absolute atomic E-state index is 0.00167. The van der Waals surface area contributed by atoms with Crippen molar-refractivity contribution in [2.24, 2.45) is 0 Å². The van der Waals surface area contributed by atoms with Crippen molar-refractivity contribution < 1.29 is 31.1 Å². The number of nitrogen functional groups attached to an aromatic ring is 1. The first-order valence-corrected chi connectivity index (χ1v) is 9.47. The molecule has 176 valence electrons. The number of nitrogens with two attached hydrogens (primary N) is 1. The maximum atomic E-state index is 14.0. The molecule has 2 heterocycles. The number of benzene rings is 1. The van der Waals surface area contributed by atoms with E-state index in [0.717, 1.165) is 12.3 Å². The average Bonchev–Trinajstić information content (AvgIpc) is 3.18. The summed E-state index contributed by atoms with van der Waals surface area (Å²) in [5.41, 5.74) is 3.18. The van der Waals surface area contributed by atoms with Gasteiger partial charge < -0.3 is 16.4 Å². The number of carbonyl (C=O) groups is 1. The molecule has 13 heteroatoms. The Labute approximate surface area is 183 Å². The molecule has 1 aromatic carbocycles. The molecular formula is C20H18F6N6O. The molecule has 0 radical (unpaired) electrons. The molecule has 0 aliphatic carbocycles. The molecule has 0 unspecified atom stereocenters. The van der Waals surface area contributed by atoms with Crippen molar-refractivity contribution in [3.8, 4) is 5.69 Å². The molecule has 3 rings (SSSR count). The van der Waals surface area contributed by atoms with Crippen LogP contribution in [0.15, 0.2) is 36.7 Å². The second-order valence-electron chi connectivity index (χ2n) is 6.83. The molecule has 0 saturated heterocycles. The fraction of sp³-hybridized carbons (Fsp3) is 0.250. The maximum Gasteiger partial charge on any atom is 0.434 e. The first-order valence-electron chi connectivity index (χ1n) is 9.47. The second-order valence-corrected chi connectivity index (χ2v) is 6.83. The number of hydrogen-bond donors (Lipinski definition) is 3. The molecule has 2 aromatic heterocycles. The van der Waals surface area contributed by atoms with E-state index in [2.05, 4.69) is 15.4 Å². The van der Waals surface area contributed by atoms with Gasteiger partial charge in [0.25, 0.3) is 5.91 Å². The quantitative estimate of drug-likeness (QED) is 0.368. The van der Waals surface area contributed by atoms with Gasteiger partial charge in [0.2, 0.25) is 0 Å². The number of nitrogens with one attached hydrogen (secondary N) is 2. The van der Waals surface area contributed by atoms with Crippen molar-refractivity contribution in [3.05, 3.63) is 59.2 Å². The third-order valence-corrected chi connectivity index (χ3v) is 4.75. The lowest BCUT2D eigenvalue weighted by atomic mass is 10.1. The summed E-state index contributed by atoms with van der Waals surface area (Å²) in [6.45, 7) is 1.77. The van der Waals surface area contributed by atoms with E-state index in [-0.39, 0.29) is 11.4 Å². The molecule has 1 amide bonds. The Morgan fingerprint density at radius 2 is 1.82 bits per heavy atom. The van der Waals surface area contributed by atoms with Gasteiger partial charge in [-0.2, -0.15) is 31.4 Å². The molecule has 7 nitrogen and oxygen atoms in total. The van der Waals surface area contributed by atoms with E-state index in [9.17, 15) is 31.1 Å². The molecule has 0 aliphatic heterocycles. The lowest BCUT2D eigenvalue weighted by molar-refractivity contribution is -0.143. The predicted octanol–water partition coefficient (Wildman–Crippen LogP) is 4.74. The Balaban J connectivity index is 2.09. The summed E-state index contributed by atoms with van der Waals surface area (Å²) in [6, 6.07) is 4.29. The summed E-state index contributed by atoms with van der Waals surface area (Å²) in [7, 11) is 1.50. The summed E-state index contributed by atoms with van der Waals surface area (Å²) in [5, 5.41) is 8.60. The van der Waals surface area contributed by atoms with Crippen LogP contribution in [0.3, 0.4) is 0 Å². The molecule has 4 N–H and O–H groups in total. The van der Waals surface area contributed by atoms with Crippen LogP contribution in [0.2, 0.25) is 0 Å². The minimum Gasteiger partial charge on any atom is -0.398 e. The number of anilines is 3. The average molecular weight is 472 g/mol. The minimum atomic E-state index is -5.02. The van der Waals surface area contributed by atoms with Crippen LogP contribution < -0.4 is 16.4 Å². The Bertz CT molecular complexity index is 1180. The van der Waals surface area contributed by atoms with Gasteiger partial charge in [0.15, 0.2) is 5.69 Å². The van der Waals surface area contributed by atoms with Crippen LogP contribution in [0, 0.1) is 0 Å². The maximum absolute atomic E-state index is 14.0. The number of aromatic nitrogens is 3. The molecule has 0 aliphatic rings. The molecule has 0 atom stereocenters. The van der Waals surface area contributed by atoms with Crippen LogP contribution in [-0.2, 0) is 18.8 Å². The lowest BCUT2D eigenvalue weighted by Gasteiger charge is -2.19. The van der Waals surface area contributed by atoms with E-state index < -0.39 is 35.2 Å². The zero-order valence-electron chi connectivity index (χ0n) is 17.3. The number of alkyl halides is 6. The predicted molar refractivity (Wildman–Crippen MR) is 109 cm³/mol. The first-order chi connectivity index (χ1) is 15.4. The summed E-state index contributed by atoms with van der Waals surface area (Å²) in [6.07, 6.45) is -7.91. The van der Waals surface area contributed by atoms with Gasteiger partial charge in [-0.25, -0.2) is 4.68 Å². The molecule has 0 spiro atoms. The van der Waals surface area contributed by atoms with E-state index in [1.165, 1.54) is 19.2 Å². The monoisotopic (exact) mass is 472 g/mol. The number of carbonyl (C=O) groups excluding carboxylic acids is 1. The molecule has 0 saturated carbocycles. The summed E-state index contributed by atoms with van der Waals surface area (Å²) in [5.74, 6) is -1.29. The van der Waals surface area contributed by atoms with Crippen molar-refractivity contribution in [1.82, 2.24) is 14.8 Å². The molecule has 0 fully saturated rings. The van der Waals surface area contributed by atoms with Gasteiger partial charge in [0.05, 0.1) is 23.1 Å². The van der Waals surface area contributed by atoms with Crippen LogP contribution in [0.1, 0.15) is 34.2 Å². The van der Waals surface area contributed by atoms with Crippen LogP contribution in [0.25, 0.3) is 5.69 Å². The number of rotatable bonds is 5. The summed E-state index contributed by atoms with van der Waals surface area (Å²) >= 11 is 0. The highest BCUT2D eigenvalue weighted by molar-refractivity contribution is 6.05. The van der Waals surface area contributed by atoms with Crippen LogP contribution in [0.5, 0.6) is 0 Å². The summed E-state index contributed by atoms with van der Waals surface area (Å²) in [4.78, 5) is 15.8. The number of halogens is 6. The number of hydrogen-bond acceptors (Lipinski definition) is 5. The van der Waals surface area contributed by atoms with Crippen LogP contribution >= 0.6 is 0 Å². The molecule has 3 aromatic rings. The topological polar surface area (TPSA) is 97.9 Å². The molecule has 33 heavy (non-hydrogen) atoms. The SMILES string of the molecule is CCc1c(N)ccc(-n2ncc(C(=O)Nc3ccnc(C(F)(F)F)c3)c2C(F)(F)F)c1NC. The second kappa shape index (κ2) is 8.64. The van der Waals surface area contributed by atoms with E-state index in [0.29, 0.717) is 40.3 Å².